The maximum absolute atomic E-state index is 12.2. The lowest BCUT2D eigenvalue weighted by Gasteiger charge is -2.35. The molecule has 0 aliphatic carbocycles. The van der Waals surface area contributed by atoms with E-state index in [1.165, 1.54) is 0 Å². The lowest BCUT2D eigenvalue weighted by Crippen LogP contribution is -2.53. The van der Waals surface area contributed by atoms with Crippen molar-refractivity contribution in [2.24, 2.45) is 0 Å². The van der Waals surface area contributed by atoms with Crippen LogP contribution in [0.25, 0.3) is 0 Å². The minimum atomic E-state index is -0.735. The van der Waals surface area contributed by atoms with E-state index in [1.54, 1.807) is 17.0 Å². The SMILES string of the molecule is CCCCOC(=O)N1CCOCC1CNCC(O)c1cc(Cl)nc(Br)c1. The Balaban J connectivity index is 1.82. The van der Waals surface area contributed by atoms with Gasteiger partial charge in [-0.1, -0.05) is 24.9 Å². The van der Waals surface area contributed by atoms with Gasteiger partial charge in [-0.15, -0.1) is 0 Å². The molecule has 1 aromatic rings. The molecule has 1 aromatic heterocycles. The molecule has 146 valence electrons. The van der Waals surface area contributed by atoms with E-state index in [-0.39, 0.29) is 12.1 Å². The fourth-order valence-electron chi connectivity index (χ4n) is 2.63. The van der Waals surface area contributed by atoms with Crippen molar-refractivity contribution in [3.8, 4) is 0 Å². The summed E-state index contributed by atoms with van der Waals surface area (Å²) >= 11 is 9.17. The molecule has 9 heteroatoms. The molecule has 2 rings (SSSR count). The third kappa shape index (κ3) is 6.66. The Morgan fingerprint density at radius 3 is 3.15 bits per heavy atom. The first-order chi connectivity index (χ1) is 12.5. The maximum Gasteiger partial charge on any atom is 0.410 e. The van der Waals surface area contributed by atoms with Gasteiger partial charge < -0.3 is 19.9 Å². The smallest absolute Gasteiger partial charge is 0.410 e. The molecule has 26 heavy (non-hydrogen) atoms. The summed E-state index contributed by atoms with van der Waals surface area (Å²) in [5, 5.41) is 13.8. The molecule has 0 saturated carbocycles. The Labute approximate surface area is 167 Å². The molecule has 1 aliphatic rings. The van der Waals surface area contributed by atoms with Crippen LogP contribution in [-0.4, -0.2) is 66.6 Å². The first-order valence-electron chi connectivity index (χ1n) is 8.74. The third-order valence-corrected chi connectivity index (χ3v) is 4.67. The van der Waals surface area contributed by atoms with Crippen LogP contribution in [0.15, 0.2) is 16.7 Å². The molecule has 7 nitrogen and oxygen atoms in total. The highest BCUT2D eigenvalue weighted by Crippen LogP contribution is 2.20. The molecule has 0 bridgehead atoms. The van der Waals surface area contributed by atoms with Gasteiger partial charge in [0, 0.05) is 19.6 Å². The molecule has 1 saturated heterocycles. The highest BCUT2D eigenvalue weighted by Gasteiger charge is 2.28. The van der Waals surface area contributed by atoms with Gasteiger partial charge >= 0.3 is 6.09 Å². The number of amides is 1. The zero-order chi connectivity index (χ0) is 18.9. The van der Waals surface area contributed by atoms with Gasteiger partial charge in [0.25, 0.3) is 0 Å². The second kappa shape index (κ2) is 11.0. The van der Waals surface area contributed by atoms with Crippen LogP contribution in [0.3, 0.4) is 0 Å². The quantitative estimate of drug-likeness (QED) is 0.468. The van der Waals surface area contributed by atoms with Gasteiger partial charge in [-0.25, -0.2) is 9.78 Å². The Morgan fingerprint density at radius 2 is 2.42 bits per heavy atom. The number of rotatable bonds is 8. The van der Waals surface area contributed by atoms with Gasteiger partial charge in [0.2, 0.25) is 0 Å². The fraction of sp³-hybridized carbons (Fsp3) is 0.647. The summed E-state index contributed by atoms with van der Waals surface area (Å²) in [6, 6.07) is 3.22. The summed E-state index contributed by atoms with van der Waals surface area (Å²) in [5.74, 6) is 0. The highest BCUT2D eigenvalue weighted by atomic mass is 79.9. The van der Waals surface area contributed by atoms with Crippen molar-refractivity contribution in [3.63, 3.8) is 0 Å². The molecule has 2 unspecified atom stereocenters. The summed E-state index contributed by atoms with van der Waals surface area (Å²) in [6.07, 6.45) is 0.795. The number of ether oxygens (including phenoxy) is 2. The van der Waals surface area contributed by atoms with Crippen LogP contribution >= 0.6 is 27.5 Å². The molecule has 1 fully saturated rings. The van der Waals surface area contributed by atoms with E-state index in [0.29, 0.717) is 54.8 Å². The van der Waals surface area contributed by atoms with Gasteiger partial charge in [-0.05, 0) is 40.0 Å². The summed E-state index contributed by atoms with van der Waals surface area (Å²) in [6.45, 7) is 4.76. The monoisotopic (exact) mass is 449 g/mol. The molecule has 2 atom stereocenters. The van der Waals surface area contributed by atoms with E-state index in [2.05, 4.69) is 33.2 Å². The van der Waals surface area contributed by atoms with Crippen molar-refractivity contribution in [3.05, 3.63) is 27.5 Å². The number of nitrogens with one attached hydrogen (secondary N) is 1. The van der Waals surface area contributed by atoms with Crippen molar-refractivity contribution in [1.29, 1.82) is 0 Å². The Hall–Kier alpha value is -0.930. The maximum atomic E-state index is 12.2. The van der Waals surface area contributed by atoms with E-state index < -0.39 is 6.10 Å². The average molecular weight is 451 g/mol. The lowest BCUT2D eigenvalue weighted by atomic mass is 10.1. The first-order valence-corrected chi connectivity index (χ1v) is 9.91. The average Bonchev–Trinajstić information content (AvgIpc) is 2.61. The molecule has 1 aliphatic heterocycles. The summed E-state index contributed by atoms with van der Waals surface area (Å²) in [4.78, 5) is 17.9. The minimum Gasteiger partial charge on any atom is -0.449 e. The van der Waals surface area contributed by atoms with Crippen molar-refractivity contribution < 1.29 is 19.4 Å². The number of unbranched alkanes of at least 4 members (excludes halogenated alkanes) is 1. The zero-order valence-electron chi connectivity index (χ0n) is 14.8. The summed E-state index contributed by atoms with van der Waals surface area (Å²) in [7, 11) is 0. The van der Waals surface area contributed by atoms with Crippen LogP contribution in [0.5, 0.6) is 0 Å². The van der Waals surface area contributed by atoms with Crippen LogP contribution in [0.1, 0.15) is 31.4 Å². The highest BCUT2D eigenvalue weighted by molar-refractivity contribution is 9.10. The van der Waals surface area contributed by atoms with Crippen molar-refractivity contribution in [1.82, 2.24) is 15.2 Å². The van der Waals surface area contributed by atoms with E-state index >= 15 is 0 Å². The lowest BCUT2D eigenvalue weighted by molar-refractivity contribution is -0.00930. The van der Waals surface area contributed by atoms with E-state index in [9.17, 15) is 9.90 Å². The predicted molar refractivity (Wildman–Crippen MR) is 102 cm³/mol. The number of halogens is 2. The number of carbonyl (C=O) groups is 1. The van der Waals surface area contributed by atoms with Crippen molar-refractivity contribution in [2.75, 3.05) is 39.5 Å². The van der Waals surface area contributed by atoms with Crippen molar-refractivity contribution >= 4 is 33.6 Å². The van der Waals surface area contributed by atoms with Gasteiger partial charge in [0.15, 0.2) is 0 Å². The molecule has 0 radical (unpaired) electrons. The van der Waals surface area contributed by atoms with E-state index in [1.807, 2.05) is 0 Å². The van der Waals surface area contributed by atoms with Gasteiger partial charge in [0.1, 0.15) is 9.76 Å². The summed E-state index contributed by atoms with van der Waals surface area (Å²) < 4.78 is 11.4. The Bertz CT molecular complexity index is 573. The number of hydrogen-bond donors (Lipinski definition) is 2. The molecule has 1 amide bonds. The summed E-state index contributed by atoms with van der Waals surface area (Å²) in [5.41, 5.74) is 0.667. The predicted octanol–water partition coefficient (Wildman–Crippen LogP) is 2.76. The zero-order valence-corrected chi connectivity index (χ0v) is 17.1. The van der Waals surface area contributed by atoms with Gasteiger partial charge in [-0.2, -0.15) is 0 Å². The normalized spacial score (nSPS) is 18.6. The molecular formula is C17H25BrClN3O4. The number of aromatic nitrogens is 1. The number of aliphatic hydroxyl groups excluding tert-OH is 1. The van der Waals surface area contributed by atoms with E-state index in [4.69, 9.17) is 21.1 Å². The largest absolute Gasteiger partial charge is 0.449 e. The molecule has 0 aromatic carbocycles. The topological polar surface area (TPSA) is 83.9 Å². The van der Waals surface area contributed by atoms with Gasteiger partial charge in [-0.3, -0.25) is 4.90 Å². The number of nitrogens with zero attached hydrogens (tertiary/aromatic N) is 2. The second-order valence-electron chi connectivity index (χ2n) is 6.11. The van der Waals surface area contributed by atoms with Crippen LogP contribution in [0, 0.1) is 0 Å². The van der Waals surface area contributed by atoms with Crippen molar-refractivity contribution in [2.45, 2.75) is 31.9 Å². The molecular weight excluding hydrogens is 426 g/mol. The molecule has 2 heterocycles. The van der Waals surface area contributed by atoms with Crippen LogP contribution in [0.2, 0.25) is 5.15 Å². The molecule has 0 spiro atoms. The Kier molecular flexibility index (Phi) is 9.07. The van der Waals surface area contributed by atoms with Gasteiger partial charge in [0.05, 0.1) is 32.0 Å². The van der Waals surface area contributed by atoms with E-state index in [0.717, 1.165) is 12.8 Å². The number of pyridine rings is 1. The third-order valence-electron chi connectivity index (χ3n) is 4.07. The van der Waals surface area contributed by atoms with Crippen LogP contribution in [0.4, 0.5) is 4.79 Å². The minimum absolute atomic E-state index is 0.127. The first kappa shape index (κ1) is 21.4. The second-order valence-corrected chi connectivity index (χ2v) is 7.31. The number of carbonyl (C=O) groups excluding carboxylic acids is 1. The Morgan fingerprint density at radius 1 is 1.62 bits per heavy atom. The number of morpholine rings is 1. The van der Waals surface area contributed by atoms with Crippen LogP contribution < -0.4 is 5.32 Å². The molecule has 2 N–H and O–H groups in total. The van der Waals surface area contributed by atoms with Crippen LogP contribution in [-0.2, 0) is 9.47 Å². The standard InChI is InChI=1S/C17H25BrClN3O4/c1-2-3-5-26-17(24)22-4-6-25-11-13(22)9-20-10-14(23)12-7-15(18)21-16(19)8-12/h7-8,13-14,20,23H,2-6,9-11H2,1H3. The number of aliphatic hydroxyl groups is 1. The number of hydrogen-bond acceptors (Lipinski definition) is 6. The fourth-order valence-corrected chi connectivity index (χ4v) is 3.41.